The SMILES string of the molecule is Nc1ncc([N+](=O)[O-])c(Sc2ccc(Cl)c(Cl)c2)n1. The summed E-state index contributed by atoms with van der Waals surface area (Å²) in [6, 6.07) is 4.88. The molecule has 0 fully saturated rings. The summed E-state index contributed by atoms with van der Waals surface area (Å²) in [5, 5.41) is 11.8. The van der Waals surface area contributed by atoms with Crippen LogP contribution in [0.2, 0.25) is 10.0 Å². The maximum absolute atomic E-state index is 10.9. The van der Waals surface area contributed by atoms with Gasteiger partial charge in [-0.3, -0.25) is 10.1 Å². The number of rotatable bonds is 3. The van der Waals surface area contributed by atoms with E-state index in [4.69, 9.17) is 28.9 Å². The second-order valence-electron chi connectivity index (χ2n) is 3.35. The first-order valence-electron chi connectivity index (χ1n) is 4.87. The normalized spacial score (nSPS) is 10.4. The molecule has 0 spiro atoms. The third-order valence-electron chi connectivity index (χ3n) is 2.06. The number of nitrogens with two attached hydrogens (primary N) is 1. The van der Waals surface area contributed by atoms with Gasteiger partial charge in [-0.2, -0.15) is 4.98 Å². The number of hydrogen-bond acceptors (Lipinski definition) is 6. The van der Waals surface area contributed by atoms with Crippen molar-refractivity contribution in [3.63, 3.8) is 0 Å². The number of anilines is 1. The van der Waals surface area contributed by atoms with Crippen LogP contribution in [0.5, 0.6) is 0 Å². The summed E-state index contributed by atoms with van der Waals surface area (Å²) < 4.78 is 0. The lowest BCUT2D eigenvalue weighted by Crippen LogP contribution is -2.00. The van der Waals surface area contributed by atoms with Crippen molar-refractivity contribution < 1.29 is 4.92 Å². The van der Waals surface area contributed by atoms with Gasteiger partial charge in [-0.15, -0.1) is 0 Å². The Morgan fingerprint density at radius 2 is 2.05 bits per heavy atom. The molecule has 98 valence electrons. The highest BCUT2D eigenvalue weighted by Gasteiger charge is 2.18. The molecule has 2 rings (SSSR count). The van der Waals surface area contributed by atoms with Gasteiger partial charge in [0.05, 0.1) is 15.0 Å². The summed E-state index contributed by atoms with van der Waals surface area (Å²) >= 11 is 12.7. The van der Waals surface area contributed by atoms with Crippen molar-refractivity contribution in [2.75, 3.05) is 5.73 Å². The van der Waals surface area contributed by atoms with Gasteiger partial charge in [-0.05, 0) is 18.2 Å². The number of benzene rings is 1. The number of halogens is 2. The maximum atomic E-state index is 10.9. The Morgan fingerprint density at radius 1 is 1.32 bits per heavy atom. The number of nitro groups is 1. The van der Waals surface area contributed by atoms with Crippen molar-refractivity contribution in [1.29, 1.82) is 0 Å². The molecule has 0 aliphatic carbocycles. The lowest BCUT2D eigenvalue weighted by atomic mass is 10.4. The summed E-state index contributed by atoms with van der Waals surface area (Å²) in [5.41, 5.74) is 5.21. The van der Waals surface area contributed by atoms with E-state index in [0.29, 0.717) is 14.9 Å². The molecule has 2 N–H and O–H groups in total. The predicted molar refractivity (Wildman–Crippen MR) is 73.7 cm³/mol. The minimum Gasteiger partial charge on any atom is -0.368 e. The molecule has 1 heterocycles. The summed E-state index contributed by atoms with van der Waals surface area (Å²) in [6.07, 6.45) is 1.07. The Morgan fingerprint density at radius 3 is 2.68 bits per heavy atom. The first kappa shape index (κ1) is 13.9. The van der Waals surface area contributed by atoms with E-state index in [1.807, 2.05) is 0 Å². The molecule has 0 bridgehead atoms. The van der Waals surface area contributed by atoms with Crippen LogP contribution in [-0.2, 0) is 0 Å². The zero-order valence-corrected chi connectivity index (χ0v) is 11.5. The van der Waals surface area contributed by atoms with E-state index < -0.39 is 4.92 Å². The molecule has 9 heteroatoms. The van der Waals surface area contributed by atoms with Gasteiger partial charge in [0.1, 0.15) is 6.20 Å². The fourth-order valence-electron chi connectivity index (χ4n) is 1.22. The zero-order chi connectivity index (χ0) is 14.0. The van der Waals surface area contributed by atoms with Crippen molar-refractivity contribution in [1.82, 2.24) is 9.97 Å². The Hall–Kier alpha value is -1.57. The monoisotopic (exact) mass is 316 g/mol. The first-order valence-corrected chi connectivity index (χ1v) is 6.44. The van der Waals surface area contributed by atoms with Crippen LogP contribution in [0.15, 0.2) is 34.3 Å². The van der Waals surface area contributed by atoms with Crippen molar-refractivity contribution in [2.45, 2.75) is 9.92 Å². The average molecular weight is 317 g/mol. The van der Waals surface area contributed by atoms with E-state index in [1.165, 1.54) is 0 Å². The largest absolute Gasteiger partial charge is 0.368 e. The number of nitrogen functional groups attached to an aromatic ring is 1. The van der Waals surface area contributed by atoms with Gasteiger partial charge < -0.3 is 5.73 Å². The Bertz CT molecular complexity index is 653. The van der Waals surface area contributed by atoms with Gasteiger partial charge in [0.15, 0.2) is 5.03 Å². The van der Waals surface area contributed by atoms with Gasteiger partial charge >= 0.3 is 5.69 Å². The van der Waals surface area contributed by atoms with E-state index in [2.05, 4.69) is 9.97 Å². The Balaban J connectivity index is 2.39. The summed E-state index contributed by atoms with van der Waals surface area (Å²) in [4.78, 5) is 18.4. The van der Waals surface area contributed by atoms with Gasteiger partial charge in [0.25, 0.3) is 0 Å². The van der Waals surface area contributed by atoms with Crippen LogP contribution in [0.25, 0.3) is 0 Å². The molecule has 0 saturated heterocycles. The van der Waals surface area contributed by atoms with Crippen LogP contribution in [0, 0.1) is 10.1 Å². The highest BCUT2D eigenvalue weighted by Crippen LogP contribution is 2.35. The van der Waals surface area contributed by atoms with Crippen LogP contribution >= 0.6 is 35.0 Å². The van der Waals surface area contributed by atoms with E-state index >= 15 is 0 Å². The molecule has 0 amide bonds. The third-order valence-corrected chi connectivity index (χ3v) is 3.78. The smallest absolute Gasteiger partial charge is 0.320 e. The molecule has 1 aromatic heterocycles. The summed E-state index contributed by atoms with van der Waals surface area (Å²) in [7, 11) is 0. The topological polar surface area (TPSA) is 94.9 Å². The third kappa shape index (κ3) is 3.25. The standard InChI is InChI=1S/C10H6Cl2N4O2S/c11-6-2-1-5(3-7(6)12)19-9-8(16(17)18)4-14-10(13)15-9/h1-4H,(H2,13,14,15). The van der Waals surface area contributed by atoms with Gasteiger partial charge in [-0.25, -0.2) is 4.98 Å². The zero-order valence-electron chi connectivity index (χ0n) is 9.21. The quantitative estimate of drug-likeness (QED) is 0.529. The average Bonchev–Trinajstić information content (AvgIpc) is 2.33. The van der Waals surface area contributed by atoms with Crippen molar-refractivity contribution >= 4 is 46.6 Å². The van der Waals surface area contributed by atoms with Crippen molar-refractivity contribution in [3.8, 4) is 0 Å². The second kappa shape index (κ2) is 5.60. The first-order chi connectivity index (χ1) is 8.97. The van der Waals surface area contributed by atoms with Gasteiger partial charge in [0, 0.05) is 4.90 Å². The number of hydrogen-bond donors (Lipinski definition) is 1. The molecule has 2 aromatic rings. The summed E-state index contributed by atoms with van der Waals surface area (Å²) in [5.74, 6) is -0.0341. The van der Waals surface area contributed by atoms with Crippen LogP contribution < -0.4 is 5.73 Å². The van der Waals surface area contributed by atoms with Crippen LogP contribution in [0.3, 0.4) is 0 Å². The molecular weight excluding hydrogens is 311 g/mol. The molecule has 0 unspecified atom stereocenters. The minimum absolute atomic E-state index is 0.0341. The molecular formula is C10H6Cl2N4O2S. The van der Waals surface area contributed by atoms with E-state index in [1.54, 1.807) is 18.2 Å². The molecule has 0 atom stereocenters. The maximum Gasteiger partial charge on any atom is 0.320 e. The van der Waals surface area contributed by atoms with E-state index in [0.717, 1.165) is 18.0 Å². The number of nitrogens with zero attached hydrogens (tertiary/aromatic N) is 3. The molecule has 6 nitrogen and oxygen atoms in total. The van der Waals surface area contributed by atoms with Crippen molar-refractivity contribution in [2.24, 2.45) is 0 Å². The fraction of sp³-hybridized carbons (Fsp3) is 0. The molecule has 19 heavy (non-hydrogen) atoms. The second-order valence-corrected chi connectivity index (χ2v) is 5.23. The molecule has 0 aliphatic heterocycles. The highest BCUT2D eigenvalue weighted by atomic mass is 35.5. The lowest BCUT2D eigenvalue weighted by molar-refractivity contribution is -0.388. The van der Waals surface area contributed by atoms with Crippen LogP contribution in [0.1, 0.15) is 0 Å². The molecule has 0 radical (unpaired) electrons. The Labute approximate surface area is 122 Å². The lowest BCUT2D eigenvalue weighted by Gasteiger charge is -2.03. The number of aromatic nitrogens is 2. The predicted octanol–water partition coefficient (Wildman–Crippen LogP) is 3.43. The Kier molecular flexibility index (Phi) is 4.08. The van der Waals surface area contributed by atoms with E-state index in [9.17, 15) is 10.1 Å². The van der Waals surface area contributed by atoms with Crippen molar-refractivity contribution in [3.05, 3.63) is 44.6 Å². The molecule has 1 aromatic carbocycles. The molecule has 0 saturated carbocycles. The fourth-order valence-corrected chi connectivity index (χ4v) is 2.49. The highest BCUT2D eigenvalue weighted by molar-refractivity contribution is 7.99. The van der Waals surface area contributed by atoms with Gasteiger partial charge in [0.2, 0.25) is 5.95 Å². The van der Waals surface area contributed by atoms with Gasteiger partial charge in [-0.1, -0.05) is 35.0 Å². The van der Waals surface area contributed by atoms with Crippen LogP contribution in [-0.4, -0.2) is 14.9 Å². The molecule has 0 aliphatic rings. The van der Waals surface area contributed by atoms with E-state index in [-0.39, 0.29) is 16.7 Å². The summed E-state index contributed by atoms with van der Waals surface area (Å²) in [6.45, 7) is 0. The van der Waals surface area contributed by atoms with Crippen LogP contribution in [0.4, 0.5) is 11.6 Å². The minimum atomic E-state index is -0.570.